The van der Waals surface area contributed by atoms with Crippen LogP contribution in [-0.2, 0) is 6.42 Å². The summed E-state index contributed by atoms with van der Waals surface area (Å²) in [6, 6.07) is 2.12. The average Bonchev–Trinajstić information content (AvgIpc) is 2.72. The molecule has 2 rings (SSSR count). The van der Waals surface area contributed by atoms with Crippen LogP contribution in [0, 0.1) is 18.6 Å². The average molecular weight is 347 g/mol. The Morgan fingerprint density at radius 2 is 2.00 bits per heavy atom. The SMILES string of the molecule is CNC(Cc1nc(C)cs1)c1c(F)cc(Br)cc1F. The number of thiazole rings is 1. The van der Waals surface area contributed by atoms with Crippen LogP contribution >= 0.6 is 27.3 Å². The Hall–Kier alpha value is -0.850. The molecule has 1 N–H and O–H groups in total. The number of nitrogens with zero attached hydrogens (tertiary/aromatic N) is 1. The number of rotatable bonds is 4. The van der Waals surface area contributed by atoms with E-state index in [-0.39, 0.29) is 5.56 Å². The number of aryl methyl sites for hydroxylation is 1. The van der Waals surface area contributed by atoms with Crippen LogP contribution in [0.1, 0.15) is 22.3 Å². The largest absolute Gasteiger partial charge is 0.312 e. The van der Waals surface area contributed by atoms with E-state index in [0.717, 1.165) is 10.7 Å². The first-order chi connectivity index (χ1) is 9.01. The number of likely N-dealkylation sites (N-methyl/N-ethyl adjacent to an activating group) is 1. The molecule has 1 aromatic heterocycles. The van der Waals surface area contributed by atoms with Crippen molar-refractivity contribution in [3.63, 3.8) is 0 Å². The number of nitrogens with one attached hydrogen (secondary N) is 1. The lowest BCUT2D eigenvalue weighted by Gasteiger charge is -2.17. The maximum atomic E-state index is 13.9. The third-order valence-electron chi connectivity index (χ3n) is 2.79. The Labute approximate surface area is 123 Å². The molecule has 0 saturated carbocycles. The summed E-state index contributed by atoms with van der Waals surface area (Å²) < 4.78 is 28.3. The summed E-state index contributed by atoms with van der Waals surface area (Å²) in [4.78, 5) is 4.33. The summed E-state index contributed by atoms with van der Waals surface area (Å²) in [5, 5.41) is 5.74. The van der Waals surface area contributed by atoms with Crippen molar-refractivity contribution < 1.29 is 8.78 Å². The Morgan fingerprint density at radius 3 is 2.47 bits per heavy atom. The van der Waals surface area contributed by atoms with Gasteiger partial charge in [-0.3, -0.25) is 0 Å². The van der Waals surface area contributed by atoms with E-state index in [1.165, 1.54) is 23.5 Å². The van der Waals surface area contributed by atoms with Gasteiger partial charge in [-0.2, -0.15) is 0 Å². The quantitative estimate of drug-likeness (QED) is 0.905. The minimum absolute atomic E-state index is 0.0542. The van der Waals surface area contributed by atoms with Gasteiger partial charge in [0.2, 0.25) is 0 Å². The number of aromatic nitrogens is 1. The number of benzene rings is 1. The van der Waals surface area contributed by atoms with Gasteiger partial charge in [0.05, 0.1) is 5.01 Å². The first kappa shape index (κ1) is 14.6. The van der Waals surface area contributed by atoms with Gasteiger partial charge in [0.1, 0.15) is 11.6 Å². The highest BCUT2D eigenvalue weighted by Gasteiger charge is 2.21. The summed E-state index contributed by atoms with van der Waals surface area (Å²) in [5.74, 6) is -1.11. The van der Waals surface area contributed by atoms with Crippen LogP contribution < -0.4 is 5.32 Å². The molecule has 1 heterocycles. The molecule has 1 atom stereocenters. The van der Waals surface area contributed by atoms with E-state index in [1.54, 1.807) is 7.05 Å². The smallest absolute Gasteiger partial charge is 0.132 e. The highest BCUT2D eigenvalue weighted by Crippen LogP contribution is 2.27. The van der Waals surface area contributed by atoms with Crippen molar-refractivity contribution in [2.75, 3.05) is 7.05 Å². The zero-order valence-corrected chi connectivity index (χ0v) is 12.9. The zero-order valence-electron chi connectivity index (χ0n) is 10.5. The third kappa shape index (κ3) is 3.38. The Balaban J connectivity index is 2.32. The van der Waals surface area contributed by atoms with E-state index in [1.807, 2.05) is 12.3 Å². The second kappa shape index (κ2) is 6.07. The van der Waals surface area contributed by atoms with E-state index in [0.29, 0.717) is 10.9 Å². The molecule has 0 fully saturated rings. The van der Waals surface area contributed by atoms with Gasteiger partial charge in [0.15, 0.2) is 0 Å². The standard InChI is InChI=1S/C13H13BrF2N2S/c1-7-6-19-12(18-7)5-11(17-2)13-9(15)3-8(14)4-10(13)16/h3-4,6,11,17H,5H2,1-2H3. The lowest BCUT2D eigenvalue weighted by molar-refractivity contribution is 0.488. The predicted molar refractivity (Wildman–Crippen MR) is 76.4 cm³/mol. The minimum Gasteiger partial charge on any atom is -0.312 e. The molecule has 2 nitrogen and oxygen atoms in total. The van der Waals surface area contributed by atoms with E-state index in [2.05, 4.69) is 26.2 Å². The summed E-state index contributed by atoms with van der Waals surface area (Å²) in [6.45, 7) is 1.90. The Morgan fingerprint density at radius 1 is 1.37 bits per heavy atom. The molecule has 19 heavy (non-hydrogen) atoms. The second-order valence-corrected chi connectivity index (χ2v) is 6.07. The first-order valence-electron chi connectivity index (χ1n) is 5.74. The molecule has 0 amide bonds. The van der Waals surface area contributed by atoms with Crippen LogP contribution in [0.3, 0.4) is 0 Å². The van der Waals surface area contributed by atoms with Gasteiger partial charge in [-0.1, -0.05) is 15.9 Å². The highest BCUT2D eigenvalue weighted by molar-refractivity contribution is 9.10. The Kier molecular flexibility index (Phi) is 4.65. The molecule has 0 spiro atoms. The molecule has 0 aliphatic rings. The lowest BCUT2D eigenvalue weighted by atomic mass is 10.0. The molecule has 0 bridgehead atoms. The number of halogens is 3. The van der Waals surface area contributed by atoms with Crippen molar-refractivity contribution in [3.05, 3.63) is 49.9 Å². The molecule has 2 aromatic rings. The second-order valence-electron chi connectivity index (χ2n) is 4.21. The lowest BCUT2D eigenvalue weighted by Crippen LogP contribution is -2.21. The van der Waals surface area contributed by atoms with Crippen molar-refractivity contribution in [1.29, 1.82) is 0 Å². The highest BCUT2D eigenvalue weighted by atomic mass is 79.9. The van der Waals surface area contributed by atoms with Gasteiger partial charge in [-0.05, 0) is 26.1 Å². The van der Waals surface area contributed by atoms with Crippen LogP contribution in [0.5, 0.6) is 0 Å². The van der Waals surface area contributed by atoms with Crippen molar-refractivity contribution >= 4 is 27.3 Å². The summed E-state index contributed by atoms with van der Waals surface area (Å²) >= 11 is 4.58. The first-order valence-corrected chi connectivity index (χ1v) is 7.41. The molecular formula is C13H13BrF2N2S. The minimum atomic E-state index is -0.556. The number of hydrogen-bond donors (Lipinski definition) is 1. The predicted octanol–water partition coefficient (Wildman–Crippen LogP) is 4.00. The van der Waals surface area contributed by atoms with Crippen LogP contribution in [0.25, 0.3) is 0 Å². The fourth-order valence-electron chi connectivity index (χ4n) is 1.91. The molecule has 102 valence electrons. The van der Waals surface area contributed by atoms with E-state index < -0.39 is 17.7 Å². The Bertz CT molecular complexity index is 563. The zero-order chi connectivity index (χ0) is 14.0. The molecule has 1 unspecified atom stereocenters. The molecule has 6 heteroatoms. The maximum absolute atomic E-state index is 13.9. The van der Waals surface area contributed by atoms with Gasteiger partial charge in [0.25, 0.3) is 0 Å². The molecule has 1 aromatic carbocycles. The van der Waals surface area contributed by atoms with E-state index in [4.69, 9.17) is 0 Å². The fourth-order valence-corrected chi connectivity index (χ4v) is 3.13. The summed E-state index contributed by atoms with van der Waals surface area (Å²) in [6.07, 6.45) is 0.463. The van der Waals surface area contributed by atoms with Crippen molar-refractivity contribution in [3.8, 4) is 0 Å². The number of hydrogen-bond acceptors (Lipinski definition) is 3. The topological polar surface area (TPSA) is 24.9 Å². The van der Waals surface area contributed by atoms with Crippen LogP contribution in [0.4, 0.5) is 8.78 Å². The van der Waals surface area contributed by atoms with Crippen molar-refractivity contribution in [1.82, 2.24) is 10.3 Å². The molecule has 0 aliphatic heterocycles. The van der Waals surface area contributed by atoms with Crippen LogP contribution in [-0.4, -0.2) is 12.0 Å². The third-order valence-corrected chi connectivity index (χ3v) is 4.23. The molecule has 0 saturated heterocycles. The van der Waals surface area contributed by atoms with E-state index >= 15 is 0 Å². The maximum Gasteiger partial charge on any atom is 0.132 e. The summed E-state index contributed by atoms with van der Waals surface area (Å²) in [7, 11) is 1.69. The summed E-state index contributed by atoms with van der Waals surface area (Å²) in [5.41, 5.74) is 0.977. The fraction of sp³-hybridized carbons (Fsp3) is 0.308. The van der Waals surface area contributed by atoms with Gasteiger partial charge in [-0.15, -0.1) is 11.3 Å². The molecule has 0 radical (unpaired) electrons. The van der Waals surface area contributed by atoms with Gasteiger partial charge >= 0.3 is 0 Å². The van der Waals surface area contributed by atoms with Crippen LogP contribution in [0.2, 0.25) is 0 Å². The molecule has 0 aliphatic carbocycles. The normalized spacial score (nSPS) is 12.7. The van der Waals surface area contributed by atoms with Crippen molar-refractivity contribution in [2.24, 2.45) is 0 Å². The van der Waals surface area contributed by atoms with Gasteiger partial charge in [0, 0.05) is 33.6 Å². The molecular weight excluding hydrogens is 334 g/mol. The van der Waals surface area contributed by atoms with E-state index in [9.17, 15) is 8.78 Å². The monoisotopic (exact) mass is 346 g/mol. The van der Waals surface area contributed by atoms with Crippen LogP contribution in [0.15, 0.2) is 22.0 Å². The van der Waals surface area contributed by atoms with Gasteiger partial charge in [-0.25, -0.2) is 13.8 Å². The van der Waals surface area contributed by atoms with Crippen molar-refractivity contribution in [2.45, 2.75) is 19.4 Å². The van der Waals surface area contributed by atoms with Gasteiger partial charge < -0.3 is 5.32 Å².